The highest BCUT2D eigenvalue weighted by atomic mass is 32.2. The maximum absolute atomic E-state index is 12.9. The normalized spacial score (nSPS) is 11.9. The molecule has 0 fully saturated rings. The topological polar surface area (TPSA) is 71.7 Å². The second kappa shape index (κ2) is 9.89. The van der Waals surface area contributed by atoms with Gasteiger partial charge >= 0.3 is 0 Å². The zero-order chi connectivity index (χ0) is 24.1. The molecule has 0 aliphatic carbocycles. The molecule has 4 aromatic rings. The second-order valence-corrected chi connectivity index (χ2v) is 9.89. The molecule has 1 aromatic heterocycles. The van der Waals surface area contributed by atoms with Gasteiger partial charge < -0.3 is 4.57 Å². The Morgan fingerprint density at radius 2 is 1.50 bits per heavy atom. The van der Waals surface area contributed by atoms with Crippen molar-refractivity contribution >= 4 is 21.6 Å². The Bertz CT molecular complexity index is 1460. The van der Waals surface area contributed by atoms with Gasteiger partial charge in [-0.05, 0) is 61.0 Å². The number of rotatable bonds is 6. The van der Waals surface area contributed by atoms with Gasteiger partial charge in [-0.1, -0.05) is 54.1 Å². The van der Waals surface area contributed by atoms with E-state index in [2.05, 4.69) is 4.99 Å². The second-order valence-electron chi connectivity index (χ2n) is 7.92. The Morgan fingerprint density at radius 1 is 0.853 bits per heavy atom. The molecule has 7 heteroatoms. The Hall–Kier alpha value is -3.97. The minimum Gasteiger partial charge on any atom is -0.328 e. The number of amides is 1. The quantitative estimate of drug-likeness (QED) is 0.418. The molecular formula is C27H25N3O3S. The van der Waals surface area contributed by atoms with E-state index in [-0.39, 0.29) is 4.90 Å². The van der Waals surface area contributed by atoms with Crippen LogP contribution in [-0.2, 0) is 16.6 Å². The van der Waals surface area contributed by atoms with Gasteiger partial charge in [0.2, 0.25) is 0 Å². The van der Waals surface area contributed by atoms with Crippen LogP contribution in [0.1, 0.15) is 21.5 Å². The third kappa shape index (κ3) is 5.15. The van der Waals surface area contributed by atoms with Gasteiger partial charge in [0.05, 0.1) is 10.6 Å². The van der Waals surface area contributed by atoms with E-state index in [1.807, 2.05) is 60.2 Å². The predicted molar refractivity (Wildman–Crippen MR) is 133 cm³/mol. The van der Waals surface area contributed by atoms with Gasteiger partial charge in [-0.2, -0.15) is 4.99 Å². The van der Waals surface area contributed by atoms with Gasteiger partial charge in [0.15, 0.2) is 0 Å². The third-order valence-corrected chi connectivity index (χ3v) is 7.29. The summed E-state index contributed by atoms with van der Waals surface area (Å²) in [4.78, 5) is 17.3. The molecule has 0 aliphatic rings. The van der Waals surface area contributed by atoms with Crippen molar-refractivity contribution in [3.8, 4) is 0 Å². The number of hydrogen-bond donors (Lipinski definition) is 0. The standard InChI is InChI=1S/C27H25N3O3S/c1-21-11-17-25(18-12-21)34(32,33)29(2)24-15-13-23(14-16-24)27(31)28-26-10-6-7-19-30(26)20-22-8-4-3-5-9-22/h3-19H,20H2,1-2H3. The van der Waals surface area contributed by atoms with E-state index in [9.17, 15) is 13.2 Å². The monoisotopic (exact) mass is 471 g/mol. The first-order valence-electron chi connectivity index (χ1n) is 10.8. The zero-order valence-corrected chi connectivity index (χ0v) is 19.8. The number of anilines is 1. The number of carbonyl (C=O) groups excluding carboxylic acids is 1. The highest BCUT2D eigenvalue weighted by Crippen LogP contribution is 2.23. The zero-order valence-electron chi connectivity index (χ0n) is 19.0. The third-order valence-electron chi connectivity index (χ3n) is 5.49. The fourth-order valence-electron chi connectivity index (χ4n) is 3.47. The predicted octanol–water partition coefficient (Wildman–Crippen LogP) is 4.41. The van der Waals surface area contributed by atoms with Crippen LogP contribution >= 0.6 is 0 Å². The average Bonchev–Trinajstić information content (AvgIpc) is 2.86. The first-order valence-corrected chi connectivity index (χ1v) is 12.2. The highest BCUT2D eigenvalue weighted by molar-refractivity contribution is 7.92. The summed E-state index contributed by atoms with van der Waals surface area (Å²) in [5.41, 5.74) is 3.46. The minimum absolute atomic E-state index is 0.211. The van der Waals surface area contributed by atoms with Crippen molar-refractivity contribution in [1.82, 2.24) is 4.57 Å². The summed E-state index contributed by atoms with van der Waals surface area (Å²) < 4.78 is 29.0. The summed E-state index contributed by atoms with van der Waals surface area (Å²) in [5, 5.41) is 0. The number of aromatic nitrogens is 1. The van der Waals surface area contributed by atoms with Gasteiger partial charge in [-0.25, -0.2) is 8.42 Å². The summed E-state index contributed by atoms with van der Waals surface area (Å²) in [7, 11) is -2.21. The van der Waals surface area contributed by atoms with E-state index < -0.39 is 15.9 Å². The smallest absolute Gasteiger partial charge is 0.278 e. The number of nitrogens with zero attached hydrogens (tertiary/aromatic N) is 3. The van der Waals surface area contributed by atoms with E-state index in [4.69, 9.17) is 0 Å². The lowest BCUT2D eigenvalue weighted by atomic mass is 10.2. The van der Waals surface area contributed by atoms with E-state index in [1.165, 1.54) is 11.4 Å². The first-order chi connectivity index (χ1) is 16.3. The van der Waals surface area contributed by atoms with Gasteiger partial charge in [-0.15, -0.1) is 0 Å². The van der Waals surface area contributed by atoms with Crippen molar-refractivity contribution in [2.24, 2.45) is 4.99 Å². The molecule has 4 rings (SSSR count). The molecule has 0 aliphatic heterocycles. The van der Waals surface area contributed by atoms with Gasteiger partial charge in [0.25, 0.3) is 15.9 Å². The lowest BCUT2D eigenvalue weighted by Gasteiger charge is -2.19. The van der Waals surface area contributed by atoms with Crippen LogP contribution in [0.25, 0.3) is 0 Å². The molecule has 3 aromatic carbocycles. The Balaban J connectivity index is 1.56. The molecular weight excluding hydrogens is 446 g/mol. The van der Waals surface area contributed by atoms with Crippen LogP contribution in [0.5, 0.6) is 0 Å². The van der Waals surface area contributed by atoms with Gasteiger partial charge in [-0.3, -0.25) is 9.10 Å². The van der Waals surface area contributed by atoms with Crippen LogP contribution in [-0.4, -0.2) is 25.9 Å². The van der Waals surface area contributed by atoms with Crippen molar-refractivity contribution < 1.29 is 13.2 Å². The maximum atomic E-state index is 12.9. The molecule has 172 valence electrons. The van der Waals surface area contributed by atoms with Crippen molar-refractivity contribution in [3.05, 3.63) is 125 Å². The molecule has 0 radical (unpaired) electrons. The van der Waals surface area contributed by atoms with Crippen molar-refractivity contribution in [3.63, 3.8) is 0 Å². The van der Waals surface area contributed by atoms with Crippen molar-refractivity contribution in [2.45, 2.75) is 18.4 Å². The lowest BCUT2D eigenvalue weighted by Crippen LogP contribution is -2.26. The number of aryl methyl sites for hydroxylation is 1. The van der Waals surface area contributed by atoms with Gasteiger partial charge in [0.1, 0.15) is 5.49 Å². The van der Waals surface area contributed by atoms with Crippen LogP contribution in [0, 0.1) is 6.92 Å². The van der Waals surface area contributed by atoms with Crippen LogP contribution in [0.2, 0.25) is 0 Å². The average molecular weight is 472 g/mol. The van der Waals surface area contributed by atoms with E-state index in [0.717, 1.165) is 11.1 Å². The molecule has 0 saturated carbocycles. The summed E-state index contributed by atoms with van der Waals surface area (Å²) in [5.74, 6) is -0.399. The fraction of sp³-hybridized carbons (Fsp3) is 0.111. The number of carbonyl (C=O) groups is 1. The molecule has 0 N–H and O–H groups in total. The molecule has 34 heavy (non-hydrogen) atoms. The minimum atomic E-state index is -3.70. The number of benzene rings is 3. The van der Waals surface area contributed by atoms with E-state index in [1.54, 1.807) is 54.6 Å². The molecule has 0 unspecified atom stereocenters. The largest absolute Gasteiger partial charge is 0.328 e. The van der Waals surface area contributed by atoms with E-state index in [0.29, 0.717) is 23.3 Å². The Morgan fingerprint density at radius 3 is 2.18 bits per heavy atom. The number of hydrogen-bond acceptors (Lipinski definition) is 3. The molecule has 6 nitrogen and oxygen atoms in total. The Kier molecular flexibility index (Phi) is 6.75. The van der Waals surface area contributed by atoms with Crippen LogP contribution < -0.4 is 9.79 Å². The maximum Gasteiger partial charge on any atom is 0.278 e. The summed E-state index contributed by atoms with van der Waals surface area (Å²) in [6, 6.07) is 28.5. The van der Waals surface area contributed by atoms with Crippen LogP contribution in [0.3, 0.4) is 0 Å². The molecule has 0 bridgehead atoms. The molecule has 1 amide bonds. The van der Waals surface area contributed by atoms with Crippen LogP contribution in [0.4, 0.5) is 5.69 Å². The SMILES string of the molecule is Cc1ccc(S(=O)(=O)N(C)c2ccc(C(=O)N=c3ccccn3Cc3ccccc3)cc2)cc1. The summed E-state index contributed by atoms with van der Waals surface area (Å²) in [6.07, 6.45) is 1.88. The lowest BCUT2D eigenvalue weighted by molar-refractivity contribution is 0.0997. The molecule has 0 saturated heterocycles. The number of sulfonamides is 1. The summed E-state index contributed by atoms with van der Waals surface area (Å²) >= 11 is 0. The van der Waals surface area contributed by atoms with Gasteiger partial charge in [0, 0.05) is 25.4 Å². The van der Waals surface area contributed by atoms with E-state index >= 15 is 0 Å². The van der Waals surface area contributed by atoms with Crippen LogP contribution in [0.15, 0.2) is 113 Å². The van der Waals surface area contributed by atoms with Crippen molar-refractivity contribution in [2.75, 3.05) is 11.4 Å². The Labute approximate surface area is 199 Å². The number of pyridine rings is 1. The molecule has 0 atom stereocenters. The first kappa shape index (κ1) is 23.2. The fourth-order valence-corrected chi connectivity index (χ4v) is 4.67. The van der Waals surface area contributed by atoms with Crippen molar-refractivity contribution in [1.29, 1.82) is 0 Å². The molecule has 1 heterocycles. The molecule has 0 spiro atoms. The highest BCUT2D eigenvalue weighted by Gasteiger charge is 2.21. The summed E-state index contributed by atoms with van der Waals surface area (Å²) in [6.45, 7) is 2.49.